The monoisotopic (exact) mass is 421 g/mol. The van der Waals surface area contributed by atoms with Gasteiger partial charge in [0.15, 0.2) is 0 Å². The summed E-state index contributed by atoms with van der Waals surface area (Å²) in [6.07, 6.45) is 2.15. The van der Waals surface area contributed by atoms with Crippen LogP contribution >= 0.6 is 0 Å². The Balaban J connectivity index is 0.00000141. The SMILES string of the molecule is Cc1ccc(CCC(=O)N[C@@H]2C[C@@H](C(=O)NCCN(C)C)CC[C@H]2O)cc1.O=CO. The summed E-state index contributed by atoms with van der Waals surface area (Å²) in [6, 6.07) is 7.79. The maximum Gasteiger partial charge on any atom is 0.290 e. The van der Waals surface area contributed by atoms with E-state index in [0.717, 1.165) is 12.1 Å². The van der Waals surface area contributed by atoms with Crippen LogP contribution in [0.4, 0.5) is 0 Å². The second-order valence-electron chi connectivity index (χ2n) is 7.94. The van der Waals surface area contributed by atoms with Crippen LogP contribution in [0.3, 0.4) is 0 Å². The Kier molecular flexibility index (Phi) is 11.7. The van der Waals surface area contributed by atoms with Gasteiger partial charge in [-0.05, 0) is 52.3 Å². The minimum Gasteiger partial charge on any atom is -0.483 e. The van der Waals surface area contributed by atoms with Gasteiger partial charge in [0.25, 0.3) is 6.47 Å². The van der Waals surface area contributed by atoms with Crippen molar-refractivity contribution in [3.05, 3.63) is 35.4 Å². The topological polar surface area (TPSA) is 119 Å². The van der Waals surface area contributed by atoms with E-state index in [0.29, 0.717) is 38.6 Å². The molecule has 0 radical (unpaired) electrons. The molecule has 0 aliphatic heterocycles. The van der Waals surface area contributed by atoms with Crippen LogP contribution in [0, 0.1) is 12.8 Å². The smallest absolute Gasteiger partial charge is 0.290 e. The molecule has 1 saturated carbocycles. The zero-order valence-electron chi connectivity index (χ0n) is 18.1. The normalized spacial score (nSPS) is 20.6. The maximum atomic E-state index is 12.3. The number of carbonyl (C=O) groups excluding carboxylic acids is 2. The molecule has 1 aromatic rings. The molecular weight excluding hydrogens is 386 g/mol. The van der Waals surface area contributed by atoms with E-state index in [1.165, 1.54) is 5.56 Å². The summed E-state index contributed by atoms with van der Waals surface area (Å²) < 4.78 is 0. The number of aliphatic hydroxyl groups excluding tert-OH is 1. The van der Waals surface area contributed by atoms with E-state index in [1.807, 2.05) is 50.2 Å². The molecule has 168 valence electrons. The van der Waals surface area contributed by atoms with Crippen LogP contribution in [-0.4, -0.2) is 72.7 Å². The van der Waals surface area contributed by atoms with Gasteiger partial charge in [0.1, 0.15) is 0 Å². The van der Waals surface area contributed by atoms with Crippen LogP contribution in [0.2, 0.25) is 0 Å². The molecule has 0 aromatic heterocycles. The first-order valence-corrected chi connectivity index (χ1v) is 10.3. The van der Waals surface area contributed by atoms with E-state index < -0.39 is 6.10 Å². The Morgan fingerprint density at radius 3 is 2.43 bits per heavy atom. The molecule has 1 aliphatic carbocycles. The first-order valence-electron chi connectivity index (χ1n) is 10.3. The lowest BCUT2D eigenvalue weighted by Gasteiger charge is -2.33. The van der Waals surface area contributed by atoms with Crippen LogP contribution in [0.25, 0.3) is 0 Å². The Hall–Kier alpha value is -2.45. The van der Waals surface area contributed by atoms with E-state index in [2.05, 4.69) is 10.6 Å². The van der Waals surface area contributed by atoms with Crippen molar-refractivity contribution in [1.82, 2.24) is 15.5 Å². The van der Waals surface area contributed by atoms with Crippen molar-refractivity contribution >= 4 is 18.3 Å². The minimum atomic E-state index is -0.584. The first kappa shape index (κ1) is 25.6. The van der Waals surface area contributed by atoms with Gasteiger partial charge in [-0.1, -0.05) is 29.8 Å². The van der Waals surface area contributed by atoms with Gasteiger partial charge >= 0.3 is 0 Å². The molecule has 2 amide bonds. The highest BCUT2D eigenvalue weighted by molar-refractivity contribution is 5.79. The van der Waals surface area contributed by atoms with Crippen LogP contribution in [0.15, 0.2) is 24.3 Å². The van der Waals surface area contributed by atoms with Crippen LogP contribution in [0.5, 0.6) is 0 Å². The van der Waals surface area contributed by atoms with E-state index in [9.17, 15) is 14.7 Å². The van der Waals surface area contributed by atoms with Gasteiger partial charge in [0.2, 0.25) is 11.8 Å². The average Bonchev–Trinajstić information content (AvgIpc) is 2.69. The third kappa shape index (κ3) is 9.84. The summed E-state index contributed by atoms with van der Waals surface area (Å²) in [6.45, 7) is 3.19. The highest BCUT2D eigenvalue weighted by Crippen LogP contribution is 2.25. The fourth-order valence-electron chi connectivity index (χ4n) is 3.39. The second kappa shape index (κ2) is 13.7. The van der Waals surface area contributed by atoms with Crippen molar-refractivity contribution in [1.29, 1.82) is 0 Å². The Morgan fingerprint density at radius 1 is 1.20 bits per heavy atom. The number of aryl methyl sites for hydroxylation is 2. The van der Waals surface area contributed by atoms with Gasteiger partial charge < -0.3 is 25.7 Å². The molecule has 1 aromatic carbocycles. The summed E-state index contributed by atoms with van der Waals surface area (Å²) >= 11 is 0. The number of carbonyl (C=O) groups is 3. The number of benzene rings is 1. The summed E-state index contributed by atoms with van der Waals surface area (Å²) in [5.74, 6) is -0.214. The van der Waals surface area contributed by atoms with Gasteiger partial charge in [0, 0.05) is 25.4 Å². The predicted molar refractivity (Wildman–Crippen MR) is 115 cm³/mol. The number of rotatable bonds is 8. The second-order valence-corrected chi connectivity index (χ2v) is 7.94. The van der Waals surface area contributed by atoms with Crippen molar-refractivity contribution in [2.75, 3.05) is 27.2 Å². The fourth-order valence-corrected chi connectivity index (χ4v) is 3.39. The summed E-state index contributed by atoms with van der Waals surface area (Å²) in [5, 5.41) is 23.0. The lowest BCUT2D eigenvalue weighted by atomic mass is 9.83. The Morgan fingerprint density at radius 2 is 1.83 bits per heavy atom. The molecule has 8 nitrogen and oxygen atoms in total. The number of likely N-dealkylation sites (N-methyl/N-ethyl adjacent to an activating group) is 1. The highest BCUT2D eigenvalue weighted by atomic mass is 16.3. The molecule has 30 heavy (non-hydrogen) atoms. The molecular formula is C22H35N3O5. The van der Waals surface area contributed by atoms with Gasteiger partial charge in [-0.3, -0.25) is 14.4 Å². The lowest BCUT2D eigenvalue weighted by molar-refractivity contribution is -0.129. The Labute approximate surface area is 178 Å². The van der Waals surface area contributed by atoms with Crippen molar-refractivity contribution in [3.8, 4) is 0 Å². The van der Waals surface area contributed by atoms with Crippen molar-refractivity contribution in [3.63, 3.8) is 0 Å². The largest absolute Gasteiger partial charge is 0.483 e. The molecule has 0 saturated heterocycles. The molecule has 0 heterocycles. The third-order valence-corrected chi connectivity index (χ3v) is 5.15. The average molecular weight is 422 g/mol. The molecule has 8 heteroatoms. The third-order valence-electron chi connectivity index (χ3n) is 5.15. The van der Waals surface area contributed by atoms with Crippen molar-refractivity contribution in [2.24, 2.45) is 5.92 Å². The van der Waals surface area contributed by atoms with E-state index in [-0.39, 0.29) is 30.2 Å². The molecule has 0 unspecified atom stereocenters. The molecule has 1 fully saturated rings. The van der Waals surface area contributed by atoms with Crippen molar-refractivity contribution < 1.29 is 24.6 Å². The number of nitrogens with one attached hydrogen (secondary N) is 2. The van der Waals surface area contributed by atoms with Crippen LogP contribution < -0.4 is 10.6 Å². The number of hydrogen-bond donors (Lipinski definition) is 4. The van der Waals surface area contributed by atoms with E-state index in [4.69, 9.17) is 9.90 Å². The number of aliphatic hydroxyl groups is 1. The Bertz CT molecular complexity index is 663. The summed E-state index contributed by atoms with van der Waals surface area (Å²) in [5.41, 5.74) is 2.32. The van der Waals surface area contributed by atoms with Gasteiger partial charge in [0.05, 0.1) is 12.1 Å². The predicted octanol–water partition coefficient (Wildman–Crippen LogP) is 0.952. The number of carboxylic acid groups (broad SMARTS) is 1. The molecule has 3 atom stereocenters. The molecule has 1 aliphatic rings. The van der Waals surface area contributed by atoms with Crippen molar-refractivity contribution in [2.45, 2.75) is 51.2 Å². The standard InChI is InChI=1S/C21H33N3O3.CH2O2/c1-15-4-6-16(7-5-15)8-11-20(26)23-18-14-17(9-10-19(18)25)21(27)22-12-13-24(2)3;2-1-3/h4-7,17-19,25H,8-14H2,1-3H3,(H,22,27)(H,23,26);1H,(H,2,3)/t17-,18+,19+;/m0./s1. The van der Waals surface area contributed by atoms with Crippen LogP contribution in [0.1, 0.15) is 36.8 Å². The molecule has 2 rings (SSSR count). The fraction of sp³-hybridized carbons (Fsp3) is 0.591. The maximum absolute atomic E-state index is 12.3. The zero-order valence-corrected chi connectivity index (χ0v) is 18.1. The first-order chi connectivity index (χ1) is 14.3. The zero-order chi connectivity index (χ0) is 22.5. The summed E-state index contributed by atoms with van der Waals surface area (Å²) in [4.78, 5) is 35.0. The highest BCUT2D eigenvalue weighted by Gasteiger charge is 2.33. The van der Waals surface area contributed by atoms with Gasteiger partial charge in [-0.25, -0.2) is 0 Å². The minimum absolute atomic E-state index is 0.0163. The number of nitrogens with zero attached hydrogens (tertiary/aromatic N) is 1. The molecule has 0 spiro atoms. The van der Waals surface area contributed by atoms with Gasteiger partial charge in [-0.15, -0.1) is 0 Å². The van der Waals surface area contributed by atoms with E-state index >= 15 is 0 Å². The quantitative estimate of drug-likeness (QED) is 0.464. The molecule has 0 bridgehead atoms. The number of hydrogen-bond acceptors (Lipinski definition) is 5. The van der Waals surface area contributed by atoms with Gasteiger partial charge in [-0.2, -0.15) is 0 Å². The lowest BCUT2D eigenvalue weighted by Crippen LogP contribution is -2.49. The van der Waals surface area contributed by atoms with E-state index in [1.54, 1.807) is 0 Å². The summed E-state index contributed by atoms with van der Waals surface area (Å²) in [7, 11) is 3.93. The number of amides is 2. The van der Waals surface area contributed by atoms with Crippen LogP contribution in [-0.2, 0) is 20.8 Å². The molecule has 4 N–H and O–H groups in total.